The quantitative estimate of drug-likeness (QED) is 0.915. The van der Waals surface area contributed by atoms with Crippen molar-refractivity contribution >= 4 is 17.6 Å². The van der Waals surface area contributed by atoms with Crippen LogP contribution in [0.2, 0.25) is 5.02 Å². The molecule has 2 rings (SSSR count). The average molecular weight is 283 g/mol. The zero-order valence-electron chi connectivity index (χ0n) is 9.72. The van der Waals surface area contributed by atoms with Gasteiger partial charge < -0.3 is 5.11 Å². The summed E-state index contributed by atoms with van der Waals surface area (Å²) in [5.41, 5.74) is -0.678. The molecule has 1 N–H and O–H groups in total. The van der Waals surface area contributed by atoms with Crippen molar-refractivity contribution in [3.63, 3.8) is 0 Å². The Morgan fingerprint density at radius 1 is 1.47 bits per heavy atom. The maximum atomic E-state index is 13.1. The second kappa shape index (κ2) is 4.81. The van der Waals surface area contributed by atoms with Gasteiger partial charge in [0.25, 0.3) is 0 Å². The molecule has 0 aliphatic carbocycles. The Bertz CT molecular complexity index is 727. The lowest BCUT2D eigenvalue weighted by Gasteiger charge is -2.08. The molecule has 1 heterocycles. The lowest BCUT2D eigenvalue weighted by Crippen LogP contribution is -2.23. The highest BCUT2D eigenvalue weighted by atomic mass is 35.5. The Hall–Kier alpha value is -2.21. The molecule has 5 nitrogen and oxygen atoms in total. The fourth-order valence-corrected chi connectivity index (χ4v) is 1.69. The van der Waals surface area contributed by atoms with Crippen molar-refractivity contribution in [3.8, 4) is 5.69 Å². The molecule has 1 aromatic heterocycles. The second-order valence-corrected chi connectivity index (χ2v) is 4.25. The van der Waals surface area contributed by atoms with Gasteiger partial charge in [-0.05, 0) is 25.1 Å². The predicted octanol–water partition coefficient (Wildman–Crippen LogP) is 2.03. The number of carbonyl (C=O) groups is 1. The van der Waals surface area contributed by atoms with Gasteiger partial charge in [-0.15, -0.1) is 0 Å². The first-order valence-corrected chi connectivity index (χ1v) is 5.57. The largest absolute Gasteiger partial charge is 0.476 e. The van der Waals surface area contributed by atoms with E-state index >= 15 is 0 Å². The molecule has 98 valence electrons. The number of aromatic carboxylic acids is 1. The molecule has 0 bridgehead atoms. The van der Waals surface area contributed by atoms with Crippen LogP contribution in [0.4, 0.5) is 4.39 Å². The molecular formula is C12H8ClFN2O3. The van der Waals surface area contributed by atoms with Crippen molar-refractivity contribution in [1.82, 2.24) is 9.78 Å². The topological polar surface area (TPSA) is 72.2 Å². The first-order valence-electron chi connectivity index (χ1n) is 5.19. The Morgan fingerprint density at radius 3 is 2.74 bits per heavy atom. The van der Waals surface area contributed by atoms with E-state index in [9.17, 15) is 14.0 Å². The first-order chi connectivity index (χ1) is 8.90. The molecule has 0 atom stereocenters. The van der Waals surface area contributed by atoms with E-state index in [0.717, 1.165) is 6.07 Å². The number of aromatic nitrogens is 2. The summed E-state index contributed by atoms with van der Waals surface area (Å²) in [6.07, 6.45) is 1.36. The van der Waals surface area contributed by atoms with Crippen LogP contribution in [0.5, 0.6) is 0 Å². The summed E-state index contributed by atoms with van der Waals surface area (Å²) in [6, 6.07) is 3.80. The molecule has 0 saturated heterocycles. The van der Waals surface area contributed by atoms with Gasteiger partial charge in [-0.2, -0.15) is 5.10 Å². The van der Waals surface area contributed by atoms with E-state index in [2.05, 4.69) is 5.10 Å². The van der Waals surface area contributed by atoms with E-state index in [1.165, 1.54) is 29.9 Å². The summed E-state index contributed by atoms with van der Waals surface area (Å²) in [6.45, 7) is 1.47. The Kier molecular flexibility index (Phi) is 3.35. The average Bonchev–Trinajstić information content (AvgIpc) is 2.35. The predicted molar refractivity (Wildman–Crippen MR) is 66.5 cm³/mol. The van der Waals surface area contributed by atoms with E-state index in [1.54, 1.807) is 0 Å². The van der Waals surface area contributed by atoms with Crippen molar-refractivity contribution < 1.29 is 14.3 Å². The Balaban J connectivity index is 2.66. The van der Waals surface area contributed by atoms with Crippen LogP contribution in [0.3, 0.4) is 0 Å². The number of halogens is 2. The number of benzene rings is 1. The summed E-state index contributed by atoms with van der Waals surface area (Å²) < 4.78 is 14.2. The van der Waals surface area contributed by atoms with Crippen LogP contribution in [0.1, 0.15) is 16.1 Å². The van der Waals surface area contributed by atoms with E-state index < -0.39 is 22.9 Å². The van der Waals surface area contributed by atoms with Crippen LogP contribution in [0.15, 0.2) is 29.2 Å². The molecule has 0 fully saturated rings. The highest BCUT2D eigenvalue weighted by Gasteiger charge is 2.14. The maximum absolute atomic E-state index is 13.1. The number of hydrogen-bond donors (Lipinski definition) is 1. The fourth-order valence-electron chi connectivity index (χ4n) is 1.51. The summed E-state index contributed by atoms with van der Waals surface area (Å²) in [7, 11) is 0. The molecule has 0 spiro atoms. The zero-order chi connectivity index (χ0) is 14.2. The van der Waals surface area contributed by atoms with Crippen molar-refractivity contribution in [2.24, 2.45) is 0 Å². The fraction of sp³-hybridized carbons (Fsp3) is 0.0833. The number of carboxylic acid groups (broad SMARTS) is 1. The lowest BCUT2D eigenvalue weighted by molar-refractivity contribution is 0.0686. The van der Waals surface area contributed by atoms with Gasteiger partial charge in [-0.3, -0.25) is 4.79 Å². The molecule has 0 radical (unpaired) electrons. The summed E-state index contributed by atoms with van der Waals surface area (Å²) in [5, 5.41) is 12.5. The van der Waals surface area contributed by atoms with E-state index in [0.29, 0.717) is 5.69 Å². The summed E-state index contributed by atoms with van der Waals surface area (Å²) in [4.78, 5) is 22.5. The summed E-state index contributed by atoms with van der Waals surface area (Å²) in [5.74, 6) is -2.02. The Labute approximate surface area is 111 Å². The highest BCUT2D eigenvalue weighted by molar-refractivity contribution is 6.30. The molecule has 2 aromatic rings. The number of rotatable bonds is 2. The third-order valence-electron chi connectivity index (χ3n) is 2.47. The van der Waals surface area contributed by atoms with Gasteiger partial charge in [0, 0.05) is 11.8 Å². The highest BCUT2D eigenvalue weighted by Crippen LogP contribution is 2.18. The minimum Gasteiger partial charge on any atom is -0.476 e. The zero-order valence-corrected chi connectivity index (χ0v) is 10.5. The van der Waals surface area contributed by atoms with E-state index in [4.69, 9.17) is 16.7 Å². The number of hydrogen-bond acceptors (Lipinski definition) is 3. The minimum absolute atomic E-state index is 0.118. The van der Waals surface area contributed by atoms with Crippen LogP contribution in [0.25, 0.3) is 5.69 Å². The van der Waals surface area contributed by atoms with Crippen LogP contribution < -0.4 is 5.43 Å². The minimum atomic E-state index is -1.42. The molecular weight excluding hydrogens is 275 g/mol. The molecule has 1 aromatic carbocycles. The van der Waals surface area contributed by atoms with E-state index in [-0.39, 0.29) is 10.6 Å². The van der Waals surface area contributed by atoms with E-state index in [1.807, 2.05) is 0 Å². The van der Waals surface area contributed by atoms with Crippen molar-refractivity contribution in [3.05, 3.63) is 56.7 Å². The van der Waals surface area contributed by atoms with Gasteiger partial charge >= 0.3 is 5.97 Å². The standard InChI is InChI=1S/C12H8ClFN2O3/c1-6-5-16(15-10(11(6)17)12(18)19)7-2-3-9(14)8(13)4-7/h2-5H,1H3,(H,18,19). The van der Waals surface area contributed by atoms with Crippen molar-refractivity contribution in [1.29, 1.82) is 0 Å². The maximum Gasteiger partial charge on any atom is 0.360 e. The smallest absolute Gasteiger partial charge is 0.360 e. The Morgan fingerprint density at radius 2 is 2.16 bits per heavy atom. The molecule has 19 heavy (non-hydrogen) atoms. The molecule has 0 aliphatic rings. The van der Waals surface area contributed by atoms with Crippen LogP contribution in [-0.4, -0.2) is 20.9 Å². The van der Waals surface area contributed by atoms with Gasteiger partial charge in [-0.1, -0.05) is 11.6 Å². The van der Waals surface area contributed by atoms with Crippen molar-refractivity contribution in [2.45, 2.75) is 6.92 Å². The molecule has 0 unspecified atom stereocenters. The van der Waals surface area contributed by atoms with Crippen LogP contribution in [0, 0.1) is 12.7 Å². The lowest BCUT2D eigenvalue weighted by atomic mass is 10.2. The van der Waals surface area contributed by atoms with Gasteiger partial charge in [0.05, 0.1) is 10.7 Å². The van der Waals surface area contributed by atoms with Gasteiger partial charge in [0.1, 0.15) is 5.82 Å². The molecule has 0 aliphatic heterocycles. The number of aryl methyl sites for hydroxylation is 1. The first kappa shape index (κ1) is 13.2. The molecule has 7 heteroatoms. The van der Waals surface area contributed by atoms with Crippen molar-refractivity contribution in [2.75, 3.05) is 0 Å². The molecule has 0 saturated carbocycles. The SMILES string of the molecule is Cc1cn(-c2ccc(F)c(Cl)c2)nc(C(=O)O)c1=O. The van der Waals surface area contributed by atoms with Gasteiger partial charge in [-0.25, -0.2) is 13.9 Å². The monoisotopic (exact) mass is 282 g/mol. The number of nitrogens with zero attached hydrogens (tertiary/aromatic N) is 2. The van der Waals surface area contributed by atoms with Crippen LogP contribution >= 0.6 is 11.6 Å². The third-order valence-corrected chi connectivity index (χ3v) is 2.76. The van der Waals surface area contributed by atoms with Gasteiger partial charge in [0.2, 0.25) is 11.1 Å². The molecule has 0 amide bonds. The van der Waals surface area contributed by atoms with Crippen LogP contribution in [-0.2, 0) is 0 Å². The number of carboxylic acids is 1. The van der Waals surface area contributed by atoms with Gasteiger partial charge in [0.15, 0.2) is 0 Å². The second-order valence-electron chi connectivity index (χ2n) is 3.84. The normalized spacial score (nSPS) is 10.5. The third kappa shape index (κ3) is 2.48. The summed E-state index contributed by atoms with van der Waals surface area (Å²) >= 11 is 5.64.